The van der Waals surface area contributed by atoms with E-state index in [9.17, 15) is 0 Å². The van der Waals surface area contributed by atoms with Gasteiger partial charge < -0.3 is 14.0 Å². The maximum Gasteiger partial charge on any atom is 0.498 e. The van der Waals surface area contributed by atoms with Crippen LogP contribution in [0.5, 0.6) is 5.75 Å². The lowest BCUT2D eigenvalue weighted by molar-refractivity contribution is 0.00578. The highest BCUT2D eigenvalue weighted by Crippen LogP contribution is 2.37. The predicted octanol–water partition coefficient (Wildman–Crippen LogP) is 4.34. The summed E-state index contributed by atoms with van der Waals surface area (Å²) in [5, 5.41) is 0. The zero-order valence-corrected chi connectivity index (χ0v) is 15.6. The van der Waals surface area contributed by atoms with E-state index in [1.54, 1.807) is 0 Å². The van der Waals surface area contributed by atoms with E-state index in [1.807, 2.05) is 18.2 Å². The van der Waals surface area contributed by atoms with Crippen LogP contribution in [0.3, 0.4) is 0 Å². The van der Waals surface area contributed by atoms with E-state index in [0.29, 0.717) is 0 Å². The third-order valence-corrected chi connectivity index (χ3v) is 5.93. The minimum atomic E-state index is -0.360. The van der Waals surface area contributed by atoms with Gasteiger partial charge >= 0.3 is 7.12 Å². The summed E-state index contributed by atoms with van der Waals surface area (Å²) in [6.07, 6.45) is 8.05. The van der Waals surface area contributed by atoms with Crippen molar-refractivity contribution in [3.8, 4) is 5.75 Å². The fourth-order valence-corrected chi connectivity index (χ4v) is 3.59. The highest BCUT2D eigenvalue weighted by Gasteiger charge is 2.52. The summed E-state index contributed by atoms with van der Waals surface area (Å²) in [6.45, 7) is 9.11. The Morgan fingerprint density at radius 2 is 1.62 bits per heavy atom. The van der Waals surface area contributed by atoms with E-state index in [4.69, 9.17) is 14.0 Å². The van der Waals surface area contributed by atoms with Gasteiger partial charge in [0.1, 0.15) is 5.75 Å². The molecule has 1 aliphatic heterocycles. The molecule has 1 aliphatic carbocycles. The Hall–Kier alpha value is -0.995. The smallest absolute Gasteiger partial charge is 0.494 e. The Kier molecular flexibility index (Phi) is 5.26. The summed E-state index contributed by atoms with van der Waals surface area (Å²) < 4.78 is 18.5. The fraction of sp³-hybridized carbons (Fsp3) is 0.700. The van der Waals surface area contributed by atoms with Gasteiger partial charge in [0.05, 0.1) is 17.8 Å². The molecule has 0 bridgehead atoms. The van der Waals surface area contributed by atoms with E-state index in [0.717, 1.165) is 30.2 Å². The Morgan fingerprint density at radius 1 is 1.00 bits per heavy atom. The SMILES string of the molecule is CC1(C)OB(c2ccccc2OCCC2CCCCC2)OC1(C)C. The molecule has 0 aromatic heterocycles. The van der Waals surface area contributed by atoms with Gasteiger partial charge in [-0.3, -0.25) is 0 Å². The molecule has 2 fully saturated rings. The Morgan fingerprint density at radius 3 is 2.29 bits per heavy atom. The number of benzene rings is 1. The van der Waals surface area contributed by atoms with Crippen molar-refractivity contribution >= 4 is 12.6 Å². The summed E-state index contributed by atoms with van der Waals surface area (Å²) in [6, 6.07) is 8.12. The predicted molar refractivity (Wildman–Crippen MR) is 98.8 cm³/mol. The van der Waals surface area contributed by atoms with Crippen molar-refractivity contribution in [3.05, 3.63) is 24.3 Å². The quantitative estimate of drug-likeness (QED) is 0.752. The molecule has 0 spiro atoms. The van der Waals surface area contributed by atoms with Gasteiger partial charge in [-0.25, -0.2) is 0 Å². The van der Waals surface area contributed by atoms with E-state index < -0.39 is 0 Å². The van der Waals surface area contributed by atoms with Gasteiger partial charge in [0.2, 0.25) is 0 Å². The first-order valence-electron chi connectivity index (χ1n) is 9.46. The van der Waals surface area contributed by atoms with Crippen LogP contribution in [-0.2, 0) is 9.31 Å². The summed E-state index contributed by atoms with van der Waals surface area (Å²) in [7, 11) is -0.360. The van der Waals surface area contributed by atoms with Gasteiger partial charge in [0.25, 0.3) is 0 Å². The molecule has 24 heavy (non-hydrogen) atoms. The minimum Gasteiger partial charge on any atom is -0.494 e. The highest BCUT2D eigenvalue weighted by molar-refractivity contribution is 6.63. The minimum absolute atomic E-state index is 0.327. The summed E-state index contributed by atoms with van der Waals surface area (Å²) >= 11 is 0. The third-order valence-electron chi connectivity index (χ3n) is 5.93. The first kappa shape index (κ1) is 17.8. The lowest BCUT2D eigenvalue weighted by Crippen LogP contribution is -2.41. The monoisotopic (exact) mass is 330 g/mol. The second-order valence-electron chi connectivity index (χ2n) is 8.27. The molecule has 132 valence electrons. The molecule has 0 N–H and O–H groups in total. The molecule has 3 nitrogen and oxygen atoms in total. The Labute approximate surface area is 147 Å². The van der Waals surface area contributed by atoms with E-state index in [-0.39, 0.29) is 18.3 Å². The van der Waals surface area contributed by atoms with Crippen LogP contribution in [0.4, 0.5) is 0 Å². The maximum absolute atomic E-state index is 6.18. The van der Waals surface area contributed by atoms with Crippen molar-refractivity contribution in [2.75, 3.05) is 6.61 Å². The largest absolute Gasteiger partial charge is 0.498 e. The number of hydrogen-bond donors (Lipinski definition) is 0. The van der Waals surface area contributed by atoms with Gasteiger partial charge in [0.15, 0.2) is 0 Å². The molecule has 1 aromatic carbocycles. The van der Waals surface area contributed by atoms with Crippen LogP contribution >= 0.6 is 0 Å². The molecule has 0 amide bonds. The van der Waals surface area contributed by atoms with Crippen LogP contribution in [0.1, 0.15) is 66.2 Å². The van der Waals surface area contributed by atoms with Crippen LogP contribution < -0.4 is 10.2 Å². The number of ether oxygens (including phenoxy) is 1. The second-order valence-corrected chi connectivity index (χ2v) is 8.27. The molecule has 4 heteroatoms. The van der Waals surface area contributed by atoms with Gasteiger partial charge in [0, 0.05) is 5.46 Å². The summed E-state index contributed by atoms with van der Waals surface area (Å²) in [5.74, 6) is 1.73. The van der Waals surface area contributed by atoms with E-state index in [1.165, 1.54) is 32.1 Å². The zero-order chi connectivity index (χ0) is 17.2. The van der Waals surface area contributed by atoms with Crippen LogP contribution in [0.2, 0.25) is 0 Å². The van der Waals surface area contributed by atoms with Crippen LogP contribution in [0.15, 0.2) is 24.3 Å². The lowest BCUT2D eigenvalue weighted by Gasteiger charge is -2.32. The van der Waals surface area contributed by atoms with Gasteiger partial charge in [-0.15, -0.1) is 0 Å². The first-order chi connectivity index (χ1) is 11.4. The van der Waals surface area contributed by atoms with E-state index in [2.05, 4.69) is 33.8 Å². The molecular formula is C20H31BO3. The summed E-state index contributed by atoms with van der Waals surface area (Å²) in [4.78, 5) is 0. The first-order valence-corrected chi connectivity index (χ1v) is 9.46. The van der Waals surface area contributed by atoms with Crippen molar-refractivity contribution in [1.82, 2.24) is 0 Å². The standard InChI is InChI=1S/C20H31BO3/c1-19(2)20(3,4)24-21(23-19)17-12-8-9-13-18(17)22-15-14-16-10-6-5-7-11-16/h8-9,12-13,16H,5-7,10-11,14-15H2,1-4H3. The lowest BCUT2D eigenvalue weighted by atomic mass is 9.78. The average molecular weight is 330 g/mol. The molecular weight excluding hydrogens is 299 g/mol. The number of rotatable bonds is 5. The molecule has 1 saturated heterocycles. The molecule has 0 atom stereocenters. The number of hydrogen-bond acceptors (Lipinski definition) is 3. The summed E-state index contributed by atoms with van der Waals surface area (Å²) in [5.41, 5.74) is 0.347. The van der Waals surface area contributed by atoms with Crippen LogP contribution in [0, 0.1) is 5.92 Å². The van der Waals surface area contributed by atoms with Crippen molar-refractivity contribution in [3.63, 3.8) is 0 Å². The van der Waals surface area contributed by atoms with Crippen molar-refractivity contribution in [1.29, 1.82) is 0 Å². The van der Waals surface area contributed by atoms with Crippen LogP contribution in [-0.4, -0.2) is 24.9 Å². The number of para-hydroxylation sites is 1. The fourth-order valence-electron chi connectivity index (χ4n) is 3.59. The molecule has 1 heterocycles. The van der Waals surface area contributed by atoms with E-state index >= 15 is 0 Å². The maximum atomic E-state index is 6.18. The molecule has 0 radical (unpaired) electrons. The van der Waals surface area contributed by atoms with Crippen LogP contribution in [0.25, 0.3) is 0 Å². The topological polar surface area (TPSA) is 27.7 Å². The van der Waals surface area contributed by atoms with Gasteiger partial charge in [-0.2, -0.15) is 0 Å². The average Bonchev–Trinajstić information content (AvgIpc) is 2.77. The van der Waals surface area contributed by atoms with Gasteiger partial charge in [-0.1, -0.05) is 50.3 Å². The van der Waals surface area contributed by atoms with Crippen molar-refractivity contribution in [2.24, 2.45) is 5.92 Å². The highest BCUT2D eigenvalue weighted by atomic mass is 16.7. The molecule has 0 unspecified atom stereocenters. The zero-order valence-electron chi connectivity index (χ0n) is 15.6. The molecule has 1 saturated carbocycles. The molecule has 3 rings (SSSR count). The Bertz CT molecular complexity index is 534. The second kappa shape index (κ2) is 7.09. The molecule has 2 aliphatic rings. The normalized spacial score (nSPS) is 23.4. The van der Waals surface area contributed by atoms with Crippen molar-refractivity contribution in [2.45, 2.75) is 77.4 Å². The van der Waals surface area contributed by atoms with Gasteiger partial charge in [-0.05, 0) is 46.1 Å². The van der Waals surface area contributed by atoms with Crippen molar-refractivity contribution < 1.29 is 14.0 Å². The third kappa shape index (κ3) is 3.80. The Balaban J connectivity index is 1.63. The molecule has 1 aromatic rings.